The van der Waals surface area contributed by atoms with Gasteiger partial charge in [-0.2, -0.15) is 21.6 Å². The molecule has 0 unspecified atom stereocenters. The summed E-state index contributed by atoms with van der Waals surface area (Å²) in [5.41, 5.74) is 0. The van der Waals surface area contributed by atoms with E-state index in [1.807, 2.05) is 0 Å². The van der Waals surface area contributed by atoms with Crippen LogP contribution in [-0.4, -0.2) is 35.6 Å². The predicted octanol–water partition coefficient (Wildman–Crippen LogP) is 0.878. The van der Waals surface area contributed by atoms with E-state index in [9.17, 15) is 21.6 Å². The lowest BCUT2D eigenvalue weighted by Gasteiger charge is -2.13. The lowest BCUT2D eigenvalue weighted by Crippen LogP contribution is -2.21. The molecule has 0 aliphatic heterocycles. The highest BCUT2D eigenvalue weighted by molar-refractivity contribution is 7.86. The highest BCUT2D eigenvalue weighted by Gasteiger charge is 2.30. The molecular formula is C7H10F3N3O3S. The van der Waals surface area contributed by atoms with Crippen LogP contribution in [0.4, 0.5) is 13.2 Å². The molecule has 0 aromatic carbocycles. The van der Waals surface area contributed by atoms with Crippen LogP contribution >= 0.6 is 0 Å². The topological polar surface area (TPSA) is 74.1 Å². The summed E-state index contributed by atoms with van der Waals surface area (Å²) in [7, 11) is -3.77. The molecule has 6 nitrogen and oxygen atoms in total. The van der Waals surface area contributed by atoms with Gasteiger partial charge in [0.05, 0.1) is 6.26 Å². The number of halogens is 3. The van der Waals surface area contributed by atoms with Gasteiger partial charge < -0.3 is 4.57 Å². The summed E-state index contributed by atoms with van der Waals surface area (Å²) in [5, 5.41) is 6.70. The minimum absolute atomic E-state index is 0.201. The maximum Gasteiger partial charge on any atom is 0.406 e. The van der Waals surface area contributed by atoms with E-state index in [0.717, 1.165) is 12.6 Å². The van der Waals surface area contributed by atoms with E-state index in [-0.39, 0.29) is 5.82 Å². The molecule has 1 rings (SSSR count). The van der Waals surface area contributed by atoms with Gasteiger partial charge in [-0.15, -0.1) is 10.2 Å². The third kappa shape index (κ3) is 4.69. The van der Waals surface area contributed by atoms with Gasteiger partial charge in [-0.25, -0.2) is 0 Å². The fourth-order valence-corrected chi connectivity index (χ4v) is 1.81. The summed E-state index contributed by atoms with van der Waals surface area (Å²) < 4.78 is 63.4. The van der Waals surface area contributed by atoms with Crippen molar-refractivity contribution < 1.29 is 25.8 Å². The van der Waals surface area contributed by atoms with E-state index < -0.39 is 28.9 Å². The van der Waals surface area contributed by atoms with Gasteiger partial charge >= 0.3 is 6.18 Å². The number of nitrogens with zero attached hydrogens (tertiary/aromatic N) is 3. The number of rotatable bonds is 4. The first kappa shape index (κ1) is 13.9. The third-order valence-corrected chi connectivity index (χ3v) is 2.32. The molecule has 0 aliphatic carbocycles. The average molecular weight is 273 g/mol. The minimum Gasteiger partial charge on any atom is -0.306 e. The van der Waals surface area contributed by atoms with Gasteiger partial charge in [-0.3, -0.25) is 4.18 Å². The SMILES string of the molecule is C[C@H](OS(C)(=O)=O)c1nncn1CC(F)(F)F. The summed E-state index contributed by atoms with van der Waals surface area (Å²) in [6.45, 7) is -0.0231. The molecule has 1 heterocycles. The van der Waals surface area contributed by atoms with Gasteiger partial charge in [0.15, 0.2) is 5.82 Å². The maximum absolute atomic E-state index is 12.2. The molecule has 98 valence electrons. The maximum atomic E-state index is 12.2. The summed E-state index contributed by atoms with van der Waals surface area (Å²) in [6.07, 6.45) is -3.91. The van der Waals surface area contributed by atoms with E-state index in [0.29, 0.717) is 4.57 Å². The number of hydrogen-bond acceptors (Lipinski definition) is 5. The molecule has 1 aromatic rings. The zero-order chi connectivity index (χ0) is 13.3. The predicted molar refractivity (Wildman–Crippen MR) is 50.4 cm³/mol. The first-order valence-corrected chi connectivity index (χ1v) is 6.23. The molecule has 0 N–H and O–H groups in total. The Kier molecular flexibility index (Phi) is 3.77. The van der Waals surface area contributed by atoms with Crippen molar-refractivity contribution in [3.8, 4) is 0 Å². The van der Waals surface area contributed by atoms with Crippen LogP contribution in [0.3, 0.4) is 0 Å². The van der Waals surface area contributed by atoms with E-state index in [2.05, 4.69) is 14.4 Å². The second kappa shape index (κ2) is 4.61. The van der Waals surface area contributed by atoms with Crippen molar-refractivity contribution in [2.24, 2.45) is 0 Å². The zero-order valence-electron chi connectivity index (χ0n) is 8.97. The quantitative estimate of drug-likeness (QED) is 0.761. The first-order valence-electron chi connectivity index (χ1n) is 4.41. The fourth-order valence-electron chi connectivity index (χ4n) is 1.20. The van der Waals surface area contributed by atoms with Crippen LogP contribution in [0, 0.1) is 0 Å². The van der Waals surface area contributed by atoms with Gasteiger partial charge in [0.25, 0.3) is 10.1 Å². The molecule has 0 saturated heterocycles. The van der Waals surface area contributed by atoms with Crippen LogP contribution in [0.1, 0.15) is 18.9 Å². The molecule has 0 bridgehead atoms. The second-order valence-electron chi connectivity index (χ2n) is 3.37. The van der Waals surface area contributed by atoms with Crippen LogP contribution < -0.4 is 0 Å². The molecule has 17 heavy (non-hydrogen) atoms. The Morgan fingerprint density at radius 3 is 2.59 bits per heavy atom. The summed E-state index contributed by atoms with van der Waals surface area (Å²) in [6, 6.07) is 0. The highest BCUT2D eigenvalue weighted by atomic mass is 32.2. The normalized spacial score (nSPS) is 14.9. The average Bonchev–Trinajstić information content (AvgIpc) is 2.45. The first-order chi connectivity index (χ1) is 7.58. The van der Waals surface area contributed by atoms with Crippen LogP contribution in [0.15, 0.2) is 6.33 Å². The number of aromatic nitrogens is 3. The van der Waals surface area contributed by atoms with Crippen molar-refractivity contribution in [3.63, 3.8) is 0 Å². The largest absolute Gasteiger partial charge is 0.406 e. The molecule has 10 heteroatoms. The molecular weight excluding hydrogens is 263 g/mol. The molecule has 0 saturated carbocycles. The van der Waals surface area contributed by atoms with Crippen molar-refractivity contribution in [2.75, 3.05) is 6.26 Å². The van der Waals surface area contributed by atoms with Crippen LogP contribution in [0.25, 0.3) is 0 Å². The van der Waals surface area contributed by atoms with Gasteiger partial charge in [0.1, 0.15) is 19.0 Å². The highest BCUT2D eigenvalue weighted by Crippen LogP contribution is 2.22. The molecule has 0 amide bonds. The summed E-state index contributed by atoms with van der Waals surface area (Å²) in [4.78, 5) is 0. The Hall–Kier alpha value is -1.16. The van der Waals surface area contributed by atoms with Crippen molar-refractivity contribution >= 4 is 10.1 Å². The van der Waals surface area contributed by atoms with E-state index in [1.54, 1.807) is 0 Å². The van der Waals surface area contributed by atoms with Crippen LogP contribution in [-0.2, 0) is 20.8 Å². The molecule has 1 aromatic heterocycles. The van der Waals surface area contributed by atoms with Crippen LogP contribution in [0.2, 0.25) is 0 Å². The minimum atomic E-state index is -4.44. The Labute approximate surface area is 95.5 Å². The van der Waals surface area contributed by atoms with Crippen molar-refractivity contribution in [1.29, 1.82) is 0 Å². The molecule has 0 fully saturated rings. The summed E-state index contributed by atoms with van der Waals surface area (Å²) in [5.74, 6) is -0.201. The standard InChI is InChI=1S/C7H10F3N3O3S/c1-5(16-17(2,14)15)6-12-11-4-13(6)3-7(8,9)10/h4-5H,3H2,1-2H3/t5-/m0/s1. The van der Waals surface area contributed by atoms with Crippen LogP contribution in [0.5, 0.6) is 0 Å². The third-order valence-electron chi connectivity index (χ3n) is 1.68. The van der Waals surface area contributed by atoms with Gasteiger partial charge in [0, 0.05) is 0 Å². The molecule has 0 spiro atoms. The number of alkyl halides is 3. The molecule has 1 atom stereocenters. The fraction of sp³-hybridized carbons (Fsp3) is 0.714. The van der Waals surface area contributed by atoms with Crippen molar-refractivity contribution in [3.05, 3.63) is 12.2 Å². The van der Waals surface area contributed by atoms with Gasteiger partial charge in [-0.1, -0.05) is 0 Å². The summed E-state index contributed by atoms with van der Waals surface area (Å²) >= 11 is 0. The van der Waals surface area contributed by atoms with Gasteiger partial charge in [-0.05, 0) is 6.92 Å². The zero-order valence-corrected chi connectivity index (χ0v) is 9.79. The Morgan fingerprint density at radius 1 is 1.53 bits per heavy atom. The van der Waals surface area contributed by atoms with E-state index in [4.69, 9.17) is 0 Å². The Morgan fingerprint density at radius 2 is 2.12 bits per heavy atom. The number of hydrogen-bond donors (Lipinski definition) is 0. The van der Waals surface area contributed by atoms with Crippen molar-refractivity contribution in [1.82, 2.24) is 14.8 Å². The lowest BCUT2D eigenvalue weighted by atomic mass is 10.4. The Bertz CT molecular complexity index is 482. The lowest BCUT2D eigenvalue weighted by molar-refractivity contribution is -0.141. The smallest absolute Gasteiger partial charge is 0.306 e. The van der Waals surface area contributed by atoms with E-state index >= 15 is 0 Å². The van der Waals surface area contributed by atoms with Crippen molar-refractivity contribution in [2.45, 2.75) is 25.7 Å². The van der Waals surface area contributed by atoms with E-state index in [1.165, 1.54) is 6.92 Å². The molecule has 0 radical (unpaired) electrons. The van der Waals surface area contributed by atoms with Gasteiger partial charge in [0.2, 0.25) is 0 Å². The monoisotopic (exact) mass is 273 g/mol. The Balaban J connectivity index is 2.89. The molecule has 0 aliphatic rings. The second-order valence-corrected chi connectivity index (χ2v) is 4.98.